The van der Waals surface area contributed by atoms with Crippen molar-refractivity contribution in [3.63, 3.8) is 0 Å². The van der Waals surface area contributed by atoms with Crippen LogP contribution < -0.4 is 15.7 Å². The molecule has 328 valence electrons. The number of aryl methyl sites for hydroxylation is 1. The van der Waals surface area contributed by atoms with Crippen LogP contribution in [0.15, 0.2) is 133 Å². The second-order valence-electron chi connectivity index (χ2n) is 23.4. The van der Waals surface area contributed by atoms with Gasteiger partial charge in [0.25, 0.3) is 0 Å². The van der Waals surface area contributed by atoms with Gasteiger partial charge >= 0.3 is 6.85 Å². The zero-order valence-electron chi connectivity index (χ0n) is 40.4. The third kappa shape index (κ3) is 5.29. The molecule has 10 aromatic rings. The van der Waals surface area contributed by atoms with Crippen molar-refractivity contribution in [1.29, 1.82) is 0 Å². The Hall–Kier alpha value is -6.10. The molecule has 0 atom stereocenters. The predicted molar refractivity (Wildman–Crippen MR) is 291 cm³/mol. The van der Waals surface area contributed by atoms with E-state index in [2.05, 4.69) is 205 Å². The van der Waals surface area contributed by atoms with Crippen LogP contribution in [0.3, 0.4) is 0 Å². The van der Waals surface area contributed by atoms with Crippen molar-refractivity contribution >= 4 is 93.2 Å². The van der Waals surface area contributed by atoms with Gasteiger partial charge in [0, 0.05) is 53.6 Å². The number of nitrogens with zero attached hydrogens (tertiary/aromatic N) is 2. The first-order chi connectivity index (χ1) is 32.1. The maximum absolute atomic E-state index is 2.82. The van der Waals surface area contributed by atoms with E-state index in [1.807, 2.05) is 11.3 Å². The molecule has 0 unspecified atom stereocenters. The maximum Gasteiger partial charge on any atom is 0.333 e. The highest BCUT2D eigenvalue weighted by Crippen LogP contribution is 2.56. The Kier molecular flexibility index (Phi) is 7.83. The van der Waals surface area contributed by atoms with Crippen LogP contribution >= 0.6 is 11.3 Å². The highest BCUT2D eigenvalue weighted by atomic mass is 32.1. The van der Waals surface area contributed by atoms with Crippen LogP contribution in [-0.4, -0.2) is 11.4 Å². The Morgan fingerprint density at radius 3 is 1.90 bits per heavy atom. The molecule has 8 aromatic carbocycles. The molecule has 0 saturated heterocycles. The fourth-order valence-electron chi connectivity index (χ4n) is 13.6. The molecule has 2 aliphatic heterocycles. The molecule has 4 heterocycles. The van der Waals surface area contributed by atoms with Gasteiger partial charge in [0.2, 0.25) is 0 Å². The molecule has 0 bridgehead atoms. The van der Waals surface area contributed by atoms with Gasteiger partial charge in [-0.1, -0.05) is 140 Å². The van der Waals surface area contributed by atoms with Gasteiger partial charge in [0.05, 0.1) is 11.0 Å². The summed E-state index contributed by atoms with van der Waals surface area (Å²) in [5, 5.41) is 8.06. The molecule has 0 fully saturated rings. The van der Waals surface area contributed by atoms with E-state index in [4.69, 9.17) is 0 Å². The first kappa shape index (κ1) is 40.0. The molecule has 0 saturated carbocycles. The van der Waals surface area contributed by atoms with E-state index in [1.165, 1.54) is 156 Å². The number of hydrogen-bond acceptors (Lipinski definition) is 2. The van der Waals surface area contributed by atoms with Gasteiger partial charge in [-0.2, -0.15) is 0 Å². The molecule has 2 aromatic heterocycles. The second kappa shape index (κ2) is 13.1. The lowest BCUT2D eigenvalue weighted by Gasteiger charge is -2.46. The average Bonchev–Trinajstić information content (AvgIpc) is 3.87. The number of aromatic nitrogens is 1. The SMILES string of the molecule is Cc1cc2c(cc1N1B3c4c(cc(-c5ccccc5)cc4-n4c5ccc6ccccc6c5c5cccc3c54)-c3c1ccc1sc4cc5c(cc4c31)C(C)(C)CCC5(C)C)C(C)(C)CCC2(C)C. The Labute approximate surface area is 399 Å². The fourth-order valence-corrected chi connectivity index (χ4v) is 14.8. The summed E-state index contributed by atoms with van der Waals surface area (Å²) in [5.41, 5.74) is 22.4. The van der Waals surface area contributed by atoms with Crippen molar-refractivity contribution in [3.05, 3.63) is 161 Å². The summed E-state index contributed by atoms with van der Waals surface area (Å²) in [6, 6.07) is 52.6. The second-order valence-corrected chi connectivity index (χ2v) is 24.5. The van der Waals surface area contributed by atoms with Crippen molar-refractivity contribution in [3.8, 4) is 27.9 Å². The molecule has 0 N–H and O–H groups in total. The van der Waals surface area contributed by atoms with E-state index >= 15 is 0 Å². The summed E-state index contributed by atoms with van der Waals surface area (Å²) in [5.74, 6) is 0. The zero-order chi connectivity index (χ0) is 45.7. The van der Waals surface area contributed by atoms with Gasteiger partial charge in [-0.05, 0) is 169 Å². The van der Waals surface area contributed by atoms with Gasteiger partial charge in [0.1, 0.15) is 0 Å². The summed E-state index contributed by atoms with van der Waals surface area (Å²) < 4.78 is 5.43. The van der Waals surface area contributed by atoms with Crippen molar-refractivity contribution in [2.45, 2.75) is 110 Å². The molecule has 4 heteroatoms. The number of para-hydroxylation sites is 1. The fraction of sp³-hybridized carbons (Fsp3) is 0.270. The van der Waals surface area contributed by atoms with E-state index in [0.717, 1.165) is 0 Å². The van der Waals surface area contributed by atoms with Crippen LogP contribution in [0, 0.1) is 6.92 Å². The minimum atomic E-state index is -0.0552. The molecular formula is C63H57BN2S. The first-order valence-corrected chi connectivity index (χ1v) is 25.6. The largest absolute Gasteiger partial charge is 0.376 e. The van der Waals surface area contributed by atoms with Gasteiger partial charge in [-0.15, -0.1) is 11.3 Å². The number of hydrogen-bond donors (Lipinski definition) is 0. The molecule has 0 radical (unpaired) electrons. The van der Waals surface area contributed by atoms with Crippen LogP contribution in [0.4, 0.5) is 11.4 Å². The Bertz CT molecular complexity index is 3840. The van der Waals surface area contributed by atoms with E-state index in [0.29, 0.717) is 0 Å². The van der Waals surface area contributed by atoms with E-state index < -0.39 is 0 Å². The lowest BCUT2D eigenvalue weighted by Crippen LogP contribution is -2.60. The maximum atomic E-state index is 2.82. The Morgan fingerprint density at radius 2 is 1.15 bits per heavy atom. The Balaban J connectivity index is 1.18. The minimum absolute atomic E-state index is 0.0552. The molecule has 0 amide bonds. The smallest absolute Gasteiger partial charge is 0.333 e. The third-order valence-electron chi connectivity index (χ3n) is 17.6. The molecule has 4 aliphatic rings. The Morgan fingerprint density at radius 1 is 0.493 bits per heavy atom. The number of benzene rings is 8. The van der Waals surface area contributed by atoms with Gasteiger partial charge in [-0.25, -0.2) is 0 Å². The summed E-state index contributed by atoms with van der Waals surface area (Å²) in [6.45, 7) is 22.1. The number of fused-ring (bicyclic) bond motifs is 15. The number of thiophene rings is 1. The summed E-state index contributed by atoms with van der Waals surface area (Å²) in [7, 11) is 0. The molecule has 2 aliphatic carbocycles. The van der Waals surface area contributed by atoms with E-state index in [1.54, 1.807) is 0 Å². The third-order valence-corrected chi connectivity index (χ3v) is 18.7. The van der Waals surface area contributed by atoms with Gasteiger partial charge < -0.3 is 9.38 Å². The lowest BCUT2D eigenvalue weighted by atomic mass is 9.43. The number of anilines is 2. The minimum Gasteiger partial charge on any atom is -0.376 e. The van der Waals surface area contributed by atoms with Crippen molar-refractivity contribution < 1.29 is 0 Å². The van der Waals surface area contributed by atoms with Crippen LogP contribution in [-0.2, 0) is 21.7 Å². The van der Waals surface area contributed by atoms with Crippen molar-refractivity contribution in [2.75, 3.05) is 4.81 Å². The molecule has 67 heavy (non-hydrogen) atoms. The normalized spacial score (nSPS) is 18.1. The van der Waals surface area contributed by atoms with Gasteiger partial charge in [-0.3, -0.25) is 0 Å². The lowest BCUT2D eigenvalue weighted by molar-refractivity contribution is 0.332. The molecule has 2 nitrogen and oxygen atoms in total. The van der Waals surface area contributed by atoms with Crippen LogP contribution in [0.5, 0.6) is 0 Å². The van der Waals surface area contributed by atoms with Crippen molar-refractivity contribution in [2.24, 2.45) is 0 Å². The molecule has 0 spiro atoms. The van der Waals surface area contributed by atoms with Crippen LogP contribution in [0.1, 0.15) is 109 Å². The highest BCUT2D eigenvalue weighted by Gasteiger charge is 2.47. The molecular weight excluding hydrogens is 828 g/mol. The first-order valence-electron chi connectivity index (χ1n) is 24.8. The monoisotopic (exact) mass is 884 g/mol. The summed E-state index contributed by atoms with van der Waals surface area (Å²) in [4.78, 5) is 2.82. The quantitative estimate of drug-likeness (QED) is 0.157. The zero-order valence-corrected chi connectivity index (χ0v) is 41.2. The number of rotatable bonds is 2. The van der Waals surface area contributed by atoms with E-state index in [-0.39, 0.29) is 28.5 Å². The topological polar surface area (TPSA) is 8.17 Å². The van der Waals surface area contributed by atoms with Crippen LogP contribution in [0.2, 0.25) is 0 Å². The molecule has 14 rings (SSSR count). The van der Waals surface area contributed by atoms with E-state index in [9.17, 15) is 0 Å². The standard InChI is InChI=1S/C63H57BN2S/c1-36-30-44-46(62(6,7)28-26-60(44,2)3)34-51(36)66-50-24-25-53-57(42-33-45-47(35-54(42)67-53)63(8,9)29-27-61(45,4)5)56(50)43-31-39(37-16-11-10-12-17-37)32-52-58(43)64(66)48-21-15-20-41-55-40-19-14-13-18-38(40)22-23-49(55)65(52)59(41)48/h10-25,30-35H,26-29H2,1-9H3. The predicted octanol–water partition coefficient (Wildman–Crippen LogP) is 16.2. The van der Waals surface area contributed by atoms with Crippen LogP contribution in [0.25, 0.3) is 80.7 Å². The summed E-state index contributed by atoms with van der Waals surface area (Å²) >= 11 is 1.99. The summed E-state index contributed by atoms with van der Waals surface area (Å²) in [6.07, 6.45) is 4.78. The highest BCUT2D eigenvalue weighted by molar-refractivity contribution is 7.26. The van der Waals surface area contributed by atoms with Crippen molar-refractivity contribution in [1.82, 2.24) is 4.57 Å². The van der Waals surface area contributed by atoms with Gasteiger partial charge in [0.15, 0.2) is 0 Å². The average molecular weight is 885 g/mol.